The number of benzene rings is 20. The summed E-state index contributed by atoms with van der Waals surface area (Å²) in [5, 5.41) is 76.5. The lowest BCUT2D eigenvalue weighted by Gasteiger charge is -2.63. The molecule has 28 aromatic carbocycles. The van der Waals surface area contributed by atoms with Gasteiger partial charge in [-0.05, 0) is 351 Å². The van der Waals surface area contributed by atoms with Crippen LogP contribution in [0.4, 0.5) is 0 Å². The molecule has 4 atom stereocenters. The Morgan fingerprint density at radius 1 is 0.170 bits per heavy atom. The third kappa shape index (κ3) is 2.31. The van der Waals surface area contributed by atoms with Crippen LogP contribution in [-0.2, 0) is 47.3 Å². The lowest BCUT2D eigenvalue weighted by molar-refractivity contribution is 0.254. The van der Waals surface area contributed by atoms with Gasteiger partial charge in [0.05, 0.1) is 5.41 Å². The number of allylic oxidation sites excluding steroid dienone is 2. The van der Waals surface area contributed by atoms with Crippen LogP contribution in [0, 0.1) is 0 Å². The molecule has 0 heteroatoms. The summed E-state index contributed by atoms with van der Waals surface area (Å²) in [6.07, 6.45) is 3.88. The Morgan fingerprint density at radius 3 is 0.784 bits per heavy atom. The molecule has 0 aliphatic heterocycles. The Balaban J connectivity index is 1.04. The van der Waals surface area contributed by atoms with Crippen LogP contribution < -0.4 is 0 Å². The van der Waals surface area contributed by atoms with Crippen molar-refractivity contribution in [1.82, 2.24) is 0 Å². The Kier molecular flexibility index (Phi) is 3.84. The second kappa shape index (κ2) is 9.25. The molecule has 380 valence electrons. The second-order valence-electron chi connectivity index (χ2n) is 31.3. The average Bonchev–Trinajstić information content (AvgIpc) is 1.38. The van der Waals surface area contributed by atoms with E-state index in [9.17, 15) is 0 Å². The zero-order chi connectivity index (χ0) is 53.6. The van der Waals surface area contributed by atoms with Crippen LogP contribution in [0.5, 0.6) is 0 Å². The van der Waals surface area contributed by atoms with E-state index >= 15 is 0 Å². The third-order valence-electron chi connectivity index (χ3n) is 30.0. The van der Waals surface area contributed by atoms with Crippen LogP contribution in [0.15, 0.2) is 127 Å². The molecule has 8 aliphatic carbocycles. The highest BCUT2D eigenvalue weighted by molar-refractivity contribution is 6.79. The van der Waals surface area contributed by atoms with E-state index < -0.39 is 21.7 Å². The Morgan fingerprint density at radius 2 is 0.409 bits per heavy atom. The molecule has 0 bridgehead atoms. The molecule has 4 unspecified atom stereocenters. The van der Waals surface area contributed by atoms with Crippen molar-refractivity contribution in [1.29, 1.82) is 0 Å². The van der Waals surface area contributed by atoms with Gasteiger partial charge in [-0.15, -0.1) is 0 Å². The quantitative estimate of drug-likeness (QED) is 0.133. The summed E-state index contributed by atoms with van der Waals surface area (Å²) in [5.74, 6) is 0. The SMILES string of the molecule is c1ccc(CC23C4=C5c6c7c8c9c%10c%11c%12c(c2c2c%13c3c3c%14c%15c(c%16c6c6c8c8c9c9c%11c%11c%17c%12c2c2c%12c%13c%14c%13c%14c%15c%15c%16c6c6c8c8c9c%11c9c(c2%17)c(c%12%13)c2c%14c%15c6c8c29)C53Cc2ccccc2)C%10(Cc2ccccc2)C47Cc2ccccc2)cc1. The van der Waals surface area contributed by atoms with Crippen LogP contribution in [-0.4, -0.2) is 0 Å². The summed E-state index contributed by atoms with van der Waals surface area (Å²) in [6, 6.07) is 48.8. The molecular formula is C88H28. The predicted molar refractivity (Wildman–Crippen MR) is 367 cm³/mol. The Hall–Kier alpha value is -10.4. The summed E-state index contributed by atoms with van der Waals surface area (Å²) in [7, 11) is 0. The van der Waals surface area contributed by atoms with Gasteiger partial charge in [-0.2, -0.15) is 0 Å². The standard InChI is InChI=1S/C88H28/c1-5-13-25(14-6-1)21-85-76-66-56-51-39-35-30-29-31-33-34-32(29)38-41-36(30)42(39)54-59-53(41)58-46(38)50-44(34)49-48-43(33)47-45-37(31)40(35)52(56)57(45)67(76)71-61(47)62(48)72-73-63(49)64(50)74-70(58)77-68(59)69-60(54)55(51)65(66)75-78(69)88(24-28-19-11-4-12-20-28)84(83(75)85)86(80(72)79(71)85,22-26-15-7-2-8-16-26)81(73)82(74)87(77,88)23-27-17-9-3-10-18-27/h1-20H,21-24H2. The highest BCUT2D eigenvalue weighted by Crippen LogP contribution is 2.90. The molecular weight excluding hydrogens is 1060 g/mol. The monoisotopic (exact) mass is 1080 g/mol. The number of hydrogen-bond acceptors (Lipinski definition) is 0. The second-order valence-corrected chi connectivity index (χ2v) is 31.3. The first kappa shape index (κ1) is 36.6. The van der Waals surface area contributed by atoms with E-state index in [0.29, 0.717) is 0 Å². The van der Waals surface area contributed by atoms with Crippen LogP contribution in [0.1, 0.15) is 66.8 Å². The van der Waals surface area contributed by atoms with Crippen LogP contribution in [0.2, 0.25) is 0 Å². The smallest absolute Gasteiger partial charge is 0.0520 e. The van der Waals surface area contributed by atoms with E-state index in [-0.39, 0.29) is 0 Å². The molecule has 88 heavy (non-hydrogen) atoms. The van der Waals surface area contributed by atoms with Gasteiger partial charge in [-0.3, -0.25) is 0 Å². The minimum absolute atomic E-state index is 0.437. The minimum atomic E-state index is -0.467. The number of hydrogen-bond donors (Lipinski definition) is 0. The van der Waals surface area contributed by atoms with Gasteiger partial charge in [0, 0.05) is 16.2 Å². The molecule has 0 nitrogen and oxygen atoms in total. The largest absolute Gasteiger partial charge is 0.0622 e. The maximum Gasteiger partial charge on any atom is 0.0520 e. The van der Waals surface area contributed by atoms with E-state index in [1.54, 1.807) is 298 Å². The molecule has 0 spiro atoms. The zero-order valence-electron chi connectivity index (χ0n) is 46.4. The molecule has 36 rings (SSSR count). The topological polar surface area (TPSA) is 0 Å². The molecule has 0 saturated carbocycles. The van der Waals surface area contributed by atoms with Crippen LogP contribution in [0.3, 0.4) is 0 Å². The summed E-state index contributed by atoms with van der Waals surface area (Å²) in [6.45, 7) is 0. The summed E-state index contributed by atoms with van der Waals surface area (Å²) < 4.78 is 0. The minimum Gasteiger partial charge on any atom is -0.0622 e. The van der Waals surface area contributed by atoms with Gasteiger partial charge < -0.3 is 0 Å². The fraction of sp³-hybridized carbons (Fsp3) is 0.0909. The van der Waals surface area contributed by atoms with Crippen molar-refractivity contribution in [3.05, 3.63) is 194 Å². The van der Waals surface area contributed by atoms with E-state index in [2.05, 4.69) is 121 Å². The fourth-order valence-electron chi connectivity index (χ4n) is 29.5. The first-order valence-corrected chi connectivity index (χ1v) is 33.0. The summed E-state index contributed by atoms with van der Waals surface area (Å²) >= 11 is 0. The van der Waals surface area contributed by atoms with Gasteiger partial charge in [0.25, 0.3) is 0 Å². The van der Waals surface area contributed by atoms with E-state index in [1.165, 1.54) is 22.3 Å². The third-order valence-corrected chi connectivity index (χ3v) is 30.0. The van der Waals surface area contributed by atoms with Crippen molar-refractivity contribution in [2.24, 2.45) is 0 Å². The molecule has 0 radical (unpaired) electrons. The lowest BCUT2D eigenvalue weighted by Crippen LogP contribution is -2.62. The van der Waals surface area contributed by atoms with Crippen LogP contribution in [0.25, 0.3) is 253 Å². The molecule has 8 aliphatic rings. The van der Waals surface area contributed by atoms with Gasteiger partial charge in [0.1, 0.15) is 0 Å². The highest BCUT2D eigenvalue weighted by Gasteiger charge is 2.79. The molecule has 0 N–H and O–H groups in total. The van der Waals surface area contributed by atoms with Gasteiger partial charge in [-0.25, -0.2) is 0 Å². The Labute approximate surface area is 491 Å². The fourth-order valence-corrected chi connectivity index (χ4v) is 29.5. The van der Waals surface area contributed by atoms with Gasteiger partial charge >= 0.3 is 0 Å². The summed E-state index contributed by atoms with van der Waals surface area (Å²) in [5.41, 5.74) is 21.8. The van der Waals surface area contributed by atoms with Crippen molar-refractivity contribution < 1.29 is 0 Å². The van der Waals surface area contributed by atoms with Crippen molar-refractivity contribution in [3.8, 4) is 0 Å². The normalized spacial score (nSPS) is 23.8. The Bertz CT molecular complexity index is 8390. The molecule has 0 fully saturated rings. The first-order chi connectivity index (χ1) is 43.8. The first-order valence-electron chi connectivity index (χ1n) is 33.0. The van der Waals surface area contributed by atoms with Crippen molar-refractivity contribution in [2.45, 2.75) is 47.3 Å². The maximum atomic E-state index is 2.58. The molecule has 0 heterocycles. The van der Waals surface area contributed by atoms with E-state index in [1.807, 2.05) is 5.57 Å². The molecule has 0 saturated heterocycles. The average molecular weight is 1090 g/mol. The van der Waals surface area contributed by atoms with Crippen molar-refractivity contribution in [3.63, 3.8) is 0 Å². The highest BCUT2D eigenvalue weighted by atomic mass is 14.8. The van der Waals surface area contributed by atoms with Crippen molar-refractivity contribution >= 4 is 253 Å². The van der Waals surface area contributed by atoms with Gasteiger partial charge in [-0.1, -0.05) is 121 Å². The van der Waals surface area contributed by atoms with E-state index in [0.717, 1.165) is 25.7 Å². The maximum absolute atomic E-state index is 2.58. The van der Waals surface area contributed by atoms with E-state index in [4.69, 9.17) is 0 Å². The zero-order valence-corrected chi connectivity index (χ0v) is 46.4. The number of rotatable bonds is 8. The van der Waals surface area contributed by atoms with Gasteiger partial charge in [0.15, 0.2) is 0 Å². The van der Waals surface area contributed by atoms with Crippen LogP contribution >= 0.6 is 0 Å². The van der Waals surface area contributed by atoms with Crippen molar-refractivity contribution in [2.75, 3.05) is 0 Å². The lowest BCUT2D eigenvalue weighted by atomic mass is 9.38. The molecule has 0 amide bonds. The molecule has 0 aromatic heterocycles. The summed E-state index contributed by atoms with van der Waals surface area (Å²) in [4.78, 5) is 0. The molecule has 28 aromatic rings. The van der Waals surface area contributed by atoms with Gasteiger partial charge in [0.2, 0.25) is 0 Å². The predicted octanol–water partition coefficient (Wildman–Crippen LogP) is 21.7.